The molecule has 0 saturated heterocycles. The first kappa shape index (κ1) is 7.32. The zero-order valence-electron chi connectivity index (χ0n) is 5.82. The maximum atomic E-state index is 2.39. The summed E-state index contributed by atoms with van der Waals surface area (Å²) in [6.45, 7) is 4.34. The second kappa shape index (κ2) is 2.86. The Kier molecular flexibility index (Phi) is 2.33. The van der Waals surface area contributed by atoms with Gasteiger partial charge in [0.25, 0.3) is 0 Å². The van der Waals surface area contributed by atoms with Crippen LogP contribution in [0.4, 0.5) is 0 Å². The van der Waals surface area contributed by atoms with Gasteiger partial charge in [0.15, 0.2) is 0 Å². The van der Waals surface area contributed by atoms with Gasteiger partial charge in [-0.3, -0.25) is 0 Å². The fourth-order valence-corrected chi connectivity index (χ4v) is 1.42. The molecule has 0 aromatic rings. The first-order chi connectivity index (χ1) is 4.24. The third-order valence-corrected chi connectivity index (χ3v) is 2.90. The molecule has 0 amide bonds. The predicted octanol–water partition coefficient (Wildman–Crippen LogP) is 3.29. The largest absolute Gasteiger partial charge is 0.0771 e. The zero-order valence-corrected chi connectivity index (χ0v) is 7.97. The Morgan fingerprint density at radius 3 is 2.78 bits per heavy atom. The summed E-state index contributed by atoms with van der Waals surface area (Å²) in [5, 5.41) is 0. The molecule has 1 aliphatic carbocycles. The van der Waals surface area contributed by atoms with Gasteiger partial charge in [-0.05, 0) is 47.4 Å². The quantitative estimate of drug-likeness (QED) is 0.610. The highest BCUT2D eigenvalue weighted by Gasteiger charge is 2.14. The van der Waals surface area contributed by atoms with Crippen molar-refractivity contribution in [2.24, 2.45) is 5.92 Å². The van der Waals surface area contributed by atoms with Crippen LogP contribution >= 0.6 is 22.6 Å². The lowest BCUT2D eigenvalue weighted by atomic mass is 9.88. The Labute approximate surface area is 70.2 Å². The Balaban J connectivity index is 2.58. The molecule has 0 bridgehead atoms. The van der Waals surface area contributed by atoms with Crippen molar-refractivity contribution >= 4 is 22.6 Å². The number of rotatable bonds is 1. The Hall–Kier alpha value is 0.210. The van der Waals surface area contributed by atoms with Gasteiger partial charge in [0.2, 0.25) is 0 Å². The molecule has 1 heteroatoms. The van der Waals surface area contributed by atoms with Crippen molar-refractivity contribution < 1.29 is 0 Å². The van der Waals surface area contributed by atoms with E-state index >= 15 is 0 Å². The average molecular weight is 234 g/mol. The highest BCUT2D eigenvalue weighted by atomic mass is 127. The zero-order chi connectivity index (χ0) is 6.85. The summed E-state index contributed by atoms with van der Waals surface area (Å²) in [6.07, 6.45) is 5.78. The van der Waals surface area contributed by atoms with E-state index in [-0.39, 0.29) is 0 Å². The van der Waals surface area contributed by atoms with Gasteiger partial charge >= 0.3 is 0 Å². The van der Waals surface area contributed by atoms with Gasteiger partial charge in [-0.1, -0.05) is 19.1 Å². The molecule has 50 valence electrons. The highest BCUT2D eigenvalue weighted by molar-refractivity contribution is 14.1. The van der Waals surface area contributed by atoms with Gasteiger partial charge < -0.3 is 0 Å². The Morgan fingerprint density at radius 2 is 2.44 bits per heavy atom. The number of allylic oxidation sites excluding steroid dienone is 4. The molecule has 1 unspecified atom stereocenters. The fraction of sp³-hybridized carbons (Fsp3) is 0.500. The van der Waals surface area contributed by atoms with E-state index in [1.807, 2.05) is 0 Å². The molecule has 0 fully saturated rings. The van der Waals surface area contributed by atoms with Gasteiger partial charge in [0, 0.05) is 3.58 Å². The van der Waals surface area contributed by atoms with Crippen molar-refractivity contribution in [3.05, 3.63) is 21.3 Å². The SMILES string of the molecule is C/C=C(/I)C1=CC(C)C1. The van der Waals surface area contributed by atoms with E-state index in [1.54, 1.807) is 0 Å². The minimum absolute atomic E-state index is 0.824. The number of halogens is 1. The molecule has 0 aromatic heterocycles. The molecule has 0 N–H and O–H groups in total. The summed E-state index contributed by atoms with van der Waals surface area (Å²) in [5.41, 5.74) is 1.53. The van der Waals surface area contributed by atoms with Gasteiger partial charge in [-0.15, -0.1) is 0 Å². The van der Waals surface area contributed by atoms with Crippen LogP contribution in [0.1, 0.15) is 20.3 Å². The number of hydrogen-bond donors (Lipinski definition) is 0. The minimum Gasteiger partial charge on any atom is -0.0771 e. The van der Waals surface area contributed by atoms with E-state index < -0.39 is 0 Å². The smallest absolute Gasteiger partial charge is 0.0116 e. The lowest BCUT2D eigenvalue weighted by Gasteiger charge is -2.20. The highest BCUT2D eigenvalue weighted by Crippen LogP contribution is 2.33. The van der Waals surface area contributed by atoms with E-state index in [9.17, 15) is 0 Å². The van der Waals surface area contributed by atoms with E-state index in [4.69, 9.17) is 0 Å². The molecular weight excluding hydrogens is 223 g/mol. The molecule has 1 rings (SSSR count). The standard InChI is InChI=1S/C8H11I/c1-3-8(9)7-4-6(2)5-7/h3-4,6H,5H2,1-2H3/b8-3+. The molecule has 0 aromatic carbocycles. The van der Waals surface area contributed by atoms with Gasteiger partial charge in [0.05, 0.1) is 0 Å². The summed E-state index contributed by atoms with van der Waals surface area (Å²) in [7, 11) is 0. The van der Waals surface area contributed by atoms with Crippen LogP contribution in [0.2, 0.25) is 0 Å². The molecule has 0 nitrogen and oxygen atoms in total. The van der Waals surface area contributed by atoms with Crippen LogP contribution < -0.4 is 0 Å². The summed E-state index contributed by atoms with van der Waals surface area (Å²) >= 11 is 2.39. The molecular formula is C8H11I. The summed E-state index contributed by atoms with van der Waals surface area (Å²) in [5.74, 6) is 0.824. The first-order valence-corrected chi connectivity index (χ1v) is 4.34. The van der Waals surface area contributed by atoms with Gasteiger partial charge in [-0.2, -0.15) is 0 Å². The van der Waals surface area contributed by atoms with Crippen LogP contribution in [0.15, 0.2) is 21.3 Å². The monoisotopic (exact) mass is 234 g/mol. The topological polar surface area (TPSA) is 0 Å². The summed E-state index contributed by atoms with van der Waals surface area (Å²) in [4.78, 5) is 0. The normalized spacial score (nSPS) is 27.2. The van der Waals surface area contributed by atoms with E-state index in [1.165, 1.54) is 15.6 Å². The van der Waals surface area contributed by atoms with Crippen LogP contribution in [0.5, 0.6) is 0 Å². The van der Waals surface area contributed by atoms with Crippen molar-refractivity contribution in [1.82, 2.24) is 0 Å². The lowest BCUT2D eigenvalue weighted by molar-refractivity contribution is 0.652. The summed E-state index contributed by atoms with van der Waals surface area (Å²) in [6, 6.07) is 0. The number of hydrogen-bond acceptors (Lipinski definition) is 0. The van der Waals surface area contributed by atoms with E-state index in [2.05, 4.69) is 48.6 Å². The average Bonchev–Trinajstić information content (AvgIpc) is 1.79. The van der Waals surface area contributed by atoms with Crippen molar-refractivity contribution in [1.29, 1.82) is 0 Å². The third-order valence-electron chi connectivity index (χ3n) is 1.59. The lowest BCUT2D eigenvalue weighted by Crippen LogP contribution is -2.05. The Bertz CT molecular complexity index is 165. The van der Waals surface area contributed by atoms with Gasteiger partial charge in [0.1, 0.15) is 0 Å². The fourth-order valence-electron chi connectivity index (χ4n) is 1.02. The van der Waals surface area contributed by atoms with Crippen LogP contribution in [-0.2, 0) is 0 Å². The maximum Gasteiger partial charge on any atom is 0.0116 e. The van der Waals surface area contributed by atoms with Crippen molar-refractivity contribution in [2.45, 2.75) is 20.3 Å². The Morgan fingerprint density at radius 1 is 1.89 bits per heavy atom. The molecule has 0 radical (unpaired) electrons. The van der Waals surface area contributed by atoms with Crippen LogP contribution in [0.25, 0.3) is 0 Å². The molecule has 9 heavy (non-hydrogen) atoms. The van der Waals surface area contributed by atoms with Gasteiger partial charge in [-0.25, -0.2) is 0 Å². The van der Waals surface area contributed by atoms with Crippen LogP contribution in [0, 0.1) is 5.92 Å². The van der Waals surface area contributed by atoms with E-state index in [0.717, 1.165) is 5.92 Å². The summed E-state index contributed by atoms with van der Waals surface area (Å²) < 4.78 is 1.42. The molecule has 1 atom stereocenters. The van der Waals surface area contributed by atoms with Crippen molar-refractivity contribution in [3.63, 3.8) is 0 Å². The third kappa shape index (κ3) is 1.57. The van der Waals surface area contributed by atoms with Crippen molar-refractivity contribution in [3.8, 4) is 0 Å². The second-order valence-electron chi connectivity index (χ2n) is 2.51. The molecule has 0 spiro atoms. The molecule has 0 aliphatic heterocycles. The predicted molar refractivity (Wildman–Crippen MR) is 49.6 cm³/mol. The first-order valence-electron chi connectivity index (χ1n) is 3.27. The van der Waals surface area contributed by atoms with E-state index in [0.29, 0.717) is 0 Å². The maximum absolute atomic E-state index is 2.39. The second-order valence-corrected chi connectivity index (χ2v) is 3.67. The minimum atomic E-state index is 0.824. The molecule has 0 saturated carbocycles. The van der Waals surface area contributed by atoms with Crippen LogP contribution in [-0.4, -0.2) is 0 Å². The van der Waals surface area contributed by atoms with Crippen LogP contribution in [0.3, 0.4) is 0 Å². The van der Waals surface area contributed by atoms with Crippen molar-refractivity contribution in [2.75, 3.05) is 0 Å². The molecule has 1 aliphatic rings. The molecule has 0 heterocycles.